The van der Waals surface area contributed by atoms with E-state index < -0.39 is 17.7 Å². The Kier molecular flexibility index (Phi) is 3.74. The number of carbonyl (C=O) groups is 1. The van der Waals surface area contributed by atoms with Crippen molar-refractivity contribution in [3.63, 3.8) is 0 Å². The lowest BCUT2D eigenvalue weighted by Gasteiger charge is -2.14. The van der Waals surface area contributed by atoms with Gasteiger partial charge in [0.2, 0.25) is 0 Å². The molecule has 2 unspecified atom stereocenters. The summed E-state index contributed by atoms with van der Waals surface area (Å²) in [7, 11) is 0. The van der Waals surface area contributed by atoms with Crippen molar-refractivity contribution in [2.45, 2.75) is 30.9 Å². The maximum absolute atomic E-state index is 12.7. The first-order valence-electron chi connectivity index (χ1n) is 8.11. The molecule has 0 radical (unpaired) electrons. The number of halogens is 4. The van der Waals surface area contributed by atoms with E-state index in [1.165, 1.54) is 6.07 Å². The van der Waals surface area contributed by atoms with Crippen LogP contribution in [0, 0.1) is 5.92 Å². The van der Waals surface area contributed by atoms with E-state index in [0.717, 1.165) is 36.1 Å². The summed E-state index contributed by atoms with van der Waals surface area (Å²) >= 11 is 5.93. The van der Waals surface area contributed by atoms with Gasteiger partial charge in [-0.25, -0.2) is 0 Å². The second-order valence-electron chi connectivity index (χ2n) is 6.82. The standard InChI is InChI=1S/C19H14ClF3O3/c20-15-7-11(19(21,22)23)2-4-16(15)26-12-3-1-10-5-6-18(13(10)8-12)9-14(18)17(24)25/h1-4,7-8,14H,5-6,9H2,(H,24,25). The highest BCUT2D eigenvalue weighted by Crippen LogP contribution is 2.62. The van der Waals surface area contributed by atoms with E-state index in [-0.39, 0.29) is 22.1 Å². The van der Waals surface area contributed by atoms with Gasteiger partial charge in [-0.05, 0) is 60.7 Å². The molecule has 1 N–H and O–H groups in total. The Hall–Kier alpha value is -2.21. The van der Waals surface area contributed by atoms with Gasteiger partial charge in [-0.1, -0.05) is 17.7 Å². The summed E-state index contributed by atoms with van der Waals surface area (Å²) < 4.78 is 43.8. The minimum atomic E-state index is -4.47. The summed E-state index contributed by atoms with van der Waals surface area (Å²) in [5.74, 6) is -0.622. The van der Waals surface area contributed by atoms with Crippen molar-refractivity contribution >= 4 is 17.6 Å². The number of aryl methyl sites for hydroxylation is 1. The Morgan fingerprint density at radius 2 is 2.00 bits per heavy atom. The third kappa shape index (κ3) is 2.72. The molecule has 0 saturated heterocycles. The fourth-order valence-electron chi connectivity index (χ4n) is 3.88. The molecule has 2 aromatic carbocycles. The van der Waals surface area contributed by atoms with E-state index in [2.05, 4.69) is 0 Å². The van der Waals surface area contributed by atoms with Crippen molar-refractivity contribution in [1.29, 1.82) is 0 Å². The quantitative estimate of drug-likeness (QED) is 0.768. The first-order chi connectivity index (χ1) is 12.2. The molecule has 26 heavy (non-hydrogen) atoms. The molecule has 0 aromatic heterocycles. The third-order valence-corrected chi connectivity index (χ3v) is 5.61. The summed E-state index contributed by atoms with van der Waals surface area (Å²) in [4.78, 5) is 11.3. The Balaban J connectivity index is 1.61. The molecule has 3 nitrogen and oxygen atoms in total. The zero-order chi connectivity index (χ0) is 18.7. The second-order valence-corrected chi connectivity index (χ2v) is 7.22. The number of aliphatic carboxylic acids is 1. The molecule has 2 aliphatic rings. The van der Waals surface area contributed by atoms with Crippen LogP contribution in [0.15, 0.2) is 36.4 Å². The number of fused-ring (bicyclic) bond motifs is 2. The lowest BCUT2D eigenvalue weighted by molar-refractivity contribution is -0.139. The third-order valence-electron chi connectivity index (χ3n) is 5.32. The van der Waals surface area contributed by atoms with Crippen LogP contribution in [0.5, 0.6) is 11.5 Å². The van der Waals surface area contributed by atoms with Gasteiger partial charge in [0, 0.05) is 5.41 Å². The molecule has 0 heterocycles. The van der Waals surface area contributed by atoms with Gasteiger partial charge in [-0.15, -0.1) is 0 Å². The molecular formula is C19H14ClF3O3. The zero-order valence-corrected chi connectivity index (χ0v) is 14.2. The van der Waals surface area contributed by atoms with Crippen LogP contribution in [-0.2, 0) is 22.8 Å². The van der Waals surface area contributed by atoms with Crippen molar-refractivity contribution < 1.29 is 27.8 Å². The van der Waals surface area contributed by atoms with Gasteiger partial charge in [0.15, 0.2) is 0 Å². The SMILES string of the molecule is O=C(O)C1CC12CCc1ccc(Oc3ccc(C(F)(F)F)cc3Cl)cc12. The Labute approximate surface area is 152 Å². The van der Waals surface area contributed by atoms with Gasteiger partial charge in [-0.2, -0.15) is 13.2 Å². The fraction of sp³-hybridized carbons (Fsp3) is 0.316. The molecular weight excluding hydrogens is 369 g/mol. The van der Waals surface area contributed by atoms with E-state index in [1.807, 2.05) is 6.07 Å². The van der Waals surface area contributed by atoms with Gasteiger partial charge in [0.05, 0.1) is 16.5 Å². The average molecular weight is 383 g/mol. The number of ether oxygens (including phenoxy) is 1. The van der Waals surface area contributed by atoms with E-state index in [0.29, 0.717) is 12.2 Å². The van der Waals surface area contributed by atoms with Gasteiger partial charge in [0.1, 0.15) is 11.5 Å². The minimum Gasteiger partial charge on any atom is -0.481 e. The van der Waals surface area contributed by atoms with Crippen LogP contribution < -0.4 is 4.74 Å². The molecule has 2 aromatic rings. The highest BCUT2D eigenvalue weighted by molar-refractivity contribution is 6.32. The summed E-state index contributed by atoms with van der Waals surface area (Å²) in [6, 6.07) is 8.33. The molecule has 0 amide bonds. The van der Waals surface area contributed by atoms with Crippen molar-refractivity contribution in [3.05, 3.63) is 58.1 Å². The second kappa shape index (κ2) is 5.64. The summed E-state index contributed by atoms with van der Waals surface area (Å²) in [6.45, 7) is 0. The summed E-state index contributed by atoms with van der Waals surface area (Å²) in [5.41, 5.74) is 0.889. The van der Waals surface area contributed by atoms with Crippen LogP contribution in [-0.4, -0.2) is 11.1 Å². The van der Waals surface area contributed by atoms with Crippen molar-refractivity contribution in [3.8, 4) is 11.5 Å². The number of benzene rings is 2. The normalized spacial score (nSPS) is 23.8. The minimum absolute atomic E-state index is 0.122. The average Bonchev–Trinajstić information content (AvgIpc) is 3.20. The molecule has 7 heteroatoms. The van der Waals surface area contributed by atoms with Crippen LogP contribution in [0.2, 0.25) is 5.02 Å². The Morgan fingerprint density at radius 3 is 2.62 bits per heavy atom. The number of hydrogen-bond acceptors (Lipinski definition) is 2. The molecule has 1 fully saturated rings. The van der Waals surface area contributed by atoms with Crippen molar-refractivity contribution in [2.75, 3.05) is 0 Å². The first kappa shape index (κ1) is 17.2. The molecule has 0 bridgehead atoms. The molecule has 1 saturated carbocycles. The van der Waals surface area contributed by atoms with Crippen LogP contribution >= 0.6 is 11.6 Å². The van der Waals surface area contributed by atoms with E-state index in [4.69, 9.17) is 16.3 Å². The topological polar surface area (TPSA) is 46.5 Å². The molecule has 2 aliphatic carbocycles. The van der Waals surface area contributed by atoms with Gasteiger partial charge >= 0.3 is 12.1 Å². The highest BCUT2D eigenvalue weighted by Gasteiger charge is 2.61. The number of rotatable bonds is 3. The molecule has 2 atom stereocenters. The van der Waals surface area contributed by atoms with Gasteiger partial charge in [-0.3, -0.25) is 4.79 Å². The Bertz CT molecular complexity index is 909. The van der Waals surface area contributed by atoms with Crippen molar-refractivity contribution in [1.82, 2.24) is 0 Å². The zero-order valence-electron chi connectivity index (χ0n) is 13.4. The smallest absolute Gasteiger partial charge is 0.416 e. The monoisotopic (exact) mass is 382 g/mol. The van der Waals surface area contributed by atoms with Gasteiger partial charge < -0.3 is 9.84 Å². The van der Waals surface area contributed by atoms with E-state index in [1.54, 1.807) is 12.1 Å². The maximum Gasteiger partial charge on any atom is 0.416 e. The molecule has 136 valence electrons. The van der Waals surface area contributed by atoms with Crippen LogP contribution in [0.3, 0.4) is 0 Å². The number of carboxylic acid groups (broad SMARTS) is 1. The molecule has 4 rings (SSSR count). The van der Waals surface area contributed by atoms with E-state index in [9.17, 15) is 23.1 Å². The largest absolute Gasteiger partial charge is 0.481 e. The number of carboxylic acids is 1. The van der Waals surface area contributed by atoms with Crippen LogP contribution in [0.1, 0.15) is 29.5 Å². The maximum atomic E-state index is 12.7. The van der Waals surface area contributed by atoms with E-state index >= 15 is 0 Å². The van der Waals surface area contributed by atoms with Crippen LogP contribution in [0.4, 0.5) is 13.2 Å². The van der Waals surface area contributed by atoms with Crippen molar-refractivity contribution in [2.24, 2.45) is 5.92 Å². The summed E-state index contributed by atoms with van der Waals surface area (Å²) in [6.07, 6.45) is -2.25. The number of alkyl halides is 3. The Morgan fingerprint density at radius 1 is 1.23 bits per heavy atom. The van der Waals surface area contributed by atoms with Crippen LogP contribution in [0.25, 0.3) is 0 Å². The molecule has 0 aliphatic heterocycles. The van der Waals surface area contributed by atoms with Gasteiger partial charge in [0.25, 0.3) is 0 Å². The summed E-state index contributed by atoms with van der Waals surface area (Å²) in [5, 5.41) is 9.16. The fourth-order valence-corrected chi connectivity index (χ4v) is 4.10. The lowest BCUT2D eigenvalue weighted by Crippen LogP contribution is -2.11. The predicted octanol–water partition coefficient (Wildman–Crippen LogP) is 5.44. The number of hydrogen-bond donors (Lipinski definition) is 1. The molecule has 1 spiro atoms. The predicted molar refractivity (Wildman–Crippen MR) is 88.7 cm³/mol. The highest BCUT2D eigenvalue weighted by atomic mass is 35.5. The lowest BCUT2D eigenvalue weighted by atomic mass is 9.95. The first-order valence-corrected chi connectivity index (χ1v) is 8.49.